The summed E-state index contributed by atoms with van der Waals surface area (Å²) in [5.41, 5.74) is 3.00. The molecule has 0 saturated heterocycles. The summed E-state index contributed by atoms with van der Waals surface area (Å²) in [7, 11) is 0. The number of nitrogens with zero attached hydrogens (tertiary/aromatic N) is 2. The van der Waals surface area contributed by atoms with Crippen LogP contribution >= 0.6 is 33.9 Å². The second-order valence-corrected chi connectivity index (χ2v) is 4.68. The van der Waals surface area contributed by atoms with Crippen LogP contribution in [0.15, 0.2) is 29.8 Å². The SMILES string of the molecule is Ic1ccccc1CNc1nncs1. The summed E-state index contributed by atoms with van der Waals surface area (Å²) >= 11 is 3.84. The van der Waals surface area contributed by atoms with Gasteiger partial charge in [0.1, 0.15) is 5.51 Å². The predicted molar refractivity (Wildman–Crippen MR) is 66.4 cm³/mol. The van der Waals surface area contributed by atoms with Crippen molar-refractivity contribution in [1.82, 2.24) is 10.2 Å². The van der Waals surface area contributed by atoms with E-state index in [9.17, 15) is 0 Å². The lowest BCUT2D eigenvalue weighted by Gasteiger charge is -2.04. The molecule has 5 heteroatoms. The van der Waals surface area contributed by atoms with E-state index in [1.807, 2.05) is 12.1 Å². The molecule has 1 aromatic heterocycles. The highest BCUT2D eigenvalue weighted by Gasteiger charge is 1.99. The summed E-state index contributed by atoms with van der Waals surface area (Å²) in [5.74, 6) is 0. The van der Waals surface area contributed by atoms with E-state index in [2.05, 4.69) is 50.2 Å². The van der Waals surface area contributed by atoms with E-state index in [4.69, 9.17) is 0 Å². The number of hydrogen-bond acceptors (Lipinski definition) is 4. The lowest BCUT2D eigenvalue weighted by molar-refractivity contribution is 1.05. The van der Waals surface area contributed by atoms with E-state index < -0.39 is 0 Å². The third-order valence-corrected chi connectivity index (χ3v) is 3.45. The Morgan fingerprint density at radius 1 is 1.36 bits per heavy atom. The monoisotopic (exact) mass is 317 g/mol. The van der Waals surface area contributed by atoms with Gasteiger partial charge in [-0.15, -0.1) is 10.2 Å². The maximum absolute atomic E-state index is 3.92. The Morgan fingerprint density at radius 3 is 2.93 bits per heavy atom. The summed E-state index contributed by atoms with van der Waals surface area (Å²) < 4.78 is 1.27. The van der Waals surface area contributed by atoms with Crippen LogP contribution in [0.3, 0.4) is 0 Å². The zero-order valence-corrected chi connectivity index (χ0v) is 10.2. The fourth-order valence-corrected chi connectivity index (χ4v) is 2.08. The maximum Gasteiger partial charge on any atom is 0.205 e. The van der Waals surface area contributed by atoms with Gasteiger partial charge < -0.3 is 5.32 Å². The van der Waals surface area contributed by atoms with Gasteiger partial charge in [-0.25, -0.2) is 0 Å². The number of benzene rings is 1. The number of nitrogens with one attached hydrogen (secondary N) is 1. The number of halogens is 1. The molecule has 0 atom stereocenters. The summed E-state index contributed by atoms with van der Waals surface area (Å²) in [6.07, 6.45) is 0. The number of rotatable bonds is 3. The molecule has 0 spiro atoms. The van der Waals surface area contributed by atoms with E-state index in [0.717, 1.165) is 11.7 Å². The van der Waals surface area contributed by atoms with Gasteiger partial charge in [0.05, 0.1) is 0 Å². The molecule has 1 aromatic carbocycles. The van der Waals surface area contributed by atoms with Crippen molar-refractivity contribution in [2.24, 2.45) is 0 Å². The second-order valence-electron chi connectivity index (χ2n) is 2.69. The zero-order valence-electron chi connectivity index (χ0n) is 7.27. The lowest BCUT2D eigenvalue weighted by Crippen LogP contribution is -2.00. The van der Waals surface area contributed by atoms with Crippen LogP contribution in [-0.2, 0) is 6.54 Å². The maximum atomic E-state index is 3.92. The van der Waals surface area contributed by atoms with Crippen molar-refractivity contribution >= 4 is 39.1 Å². The summed E-state index contributed by atoms with van der Waals surface area (Å²) in [6, 6.07) is 8.28. The molecule has 0 bridgehead atoms. The number of hydrogen-bond donors (Lipinski definition) is 1. The Hall–Kier alpha value is -0.690. The first kappa shape index (κ1) is 9.85. The molecule has 2 aromatic rings. The number of aromatic nitrogens is 2. The molecule has 72 valence electrons. The Kier molecular flexibility index (Phi) is 3.30. The third kappa shape index (κ3) is 2.42. The first-order valence-corrected chi connectivity index (χ1v) is 6.05. The lowest BCUT2D eigenvalue weighted by atomic mass is 10.2. The second kappa shape index (κ2) is 4.70. The van der Waals surface area contributed by atoms with Gasteiger partial charge in [-0.05, 0) is 34.2 Å². The Labute approximate surface area is 99.7 Å². The summed E-state index contributed by atoms with van der Waals surface area (Å²) in [4.78, 5) is 0. The van der Waals surface area contributed by atoms with Crippen LogP contribution < -0.4 is 5.32 Å². The minimum Gasteiger partial charge on any atom is -0.356 e. The van der Waals surface area contributed by atoms with Crippen LogP contribution in [0, 0.1) is 3.57 Å². The van der Waals surface area contributed by atoms with Gasteiger partial charge >= 0.3 is 0 Å². The minimum absolute atomic E-state index is 0.800. The Morgan fingerprint density at radius 2 is 2.21 bits per heavy atom. The first-order chi connectivity index (χ1) is 6.86. The van der Waals surface area contributed by atoms with Crippen molar-refractivity contribution in [1.29, 1.82) is 0 Å². The van der Waals surface area contributed by atoms with Crippen LogP contribution in [0.5, 0.6) is 0 Å². The molecule has 1 N–H and O–H groups in total. The quantitative estimate of drug-likeness (QED) is 0.885. The van der Waals surface area contributed by atoms with E-state index >= 15 is 0 Å². The van der Waals surface area contributed by atoms with Gasteiger partial charge in [0, 0.05) is 10.1 Å². The summed E-state index contributed by atoms with van der Waals surface area (Å²) in [6.45, 7) is 0.800. The first-order valence-electron chi connectivity index (χ1n) is 4.10. The average molecular weight is 317 g/mol. The molecule has 0 saturated carbocycles. The van der Waals surface area contributed by atoms with Gasteiger partial charge in [0.25, 0.3) is 0 Å². The largest absolute Gasteiger partial charge is 0.356 e. The Bertz CT molecular complexity index is 402. The van der Waals surface area contributed by atoms with Crippen LogP contribution in [0.4, 0.5) is 5.13 Å². The summed E-state index contributed by atoms with van der Waals surface area (Å²) in [5, 5.41) is 11.8. The molecule has 0 aliphatic carbocycles. The predicted octanol–water partition coefficient (Wildman–Crippen LogP) is 2.75. The molecule has 0 aliphatic heterocycles. The van der Waals surface area contributed by atoms with Crippen LogP contribution in [0.1, 0.15) is 5.56 Å². The topological polar surface area (TPSA) is 37.8 Å². The van der Waals surface area contributed by atoms with Gasteiger partial charge in [-0.3, -0.25) is 0 Å². The third-order valence-electron chi connectivity index (χ3n) is 1.75. The highest BCUT2D eigenvalue weighted by atomic mass is 127. The van der Waals surface area contributed by atoms with Gasteiger partial charge in [0.2, 0.25) is 5.13 Å². The molecule has 14 heavy (non-hydrogen) atoms. The highest BCUT2D eigenvalue weighted by molar-refractivity contribution is 14.1. The van der Waals surface area contributed by atoms with Crippen LogP contribution in [0.25, 0.3) is 0 Å². The number of anilines is 1. The fraction of sp³-hybridized carbons (Fsp3) is 0.111. The van der Waals surface area contributed by atoms with E-state index in [1.165, 1.54) is 20.5 Å². The Balaban J connectivity index is 2.02. The molecule has 0 unspecified atom stereocenters. The van der Waals surface area contributed by atoms with Crippen molar-refractivity contribution in [3.05, 3.63) is 38.9 Å². The van der Waals surface area contributed by atoms with Crippen molar-refractivity contribution in [3.8, 4) is 0 Å². The molecular weight excluding hydrogens is 309 g/mol. The van der Waals surface area contributed by atoms with Crippen molar-refractivity contribution < 1.29 is 0 Å². The van der Waals surface area contributed by atoms with E-state index in [-0.39, 0.29) is 0 Å². The molecule has 3 nitrogen and oxygen atoms in total. The van der Waals surface area contributed by atoms with Gasteiger partial charge in [-0.1, -0.05) is 29.5 Å². The van der Waals surface area contributed by atoms with Crippen LogP contribution in [0.2, 0.25) is 0 Å². The smallest absolute Gasteiger partial charge is 0.205 e. The van der Waals surface area contributed by atoms with Crippen molar-refractivity contribution in [2.45, 2.75) is 6.54 Å². The minimum atomic E-state index is 0.800. The zero-order chi connectivity index (χ0) is 9.80. The van der Waals surface area contributed by atoms with E-state index in [0.29, 0.717) is 0 Å². The normalized spacial score (nSPS) is 10.1. The van der Waals surface area contributed by atoms with E-state index in [1.54, 1.807) is 5.51 Å². The standard InChI is InChI=1S/C9H8IN3S/c10-8-4-2-1-3-7(8)5-11-9-13-12-6-14-9/h1-4,6H,5H2,(H,11,13). The molecule has 0 fully saturated rings. The van der Waals surface area contributed by atoms with Crippen molar-refractivity contribution in [2.75, 3.05) is 5.32 Å². The molecule has 0 radical (unpaired) electrons. The van der Waals surface area contributed by atoms with Gasteiger partial charge in [0.15, 0.2) is 0 Å². The molecular formula is C9H8IN3S. The highest BCUT2D eigenvalue weighted by Crippen LogP contribution is 2.14. The molecule has 1 heterocycles. The molecule has 0 amide bonds. The van der Waals surface area contributed by atoms with Crippen LogP contribution in [-0.4, -0.2) is 10.2 Å². The molecule has 0 aliphatic rings. The fourth-order valence-electron chi connectivity index (χ4n) is 1.06. The molecule has 2 rings (SSSR count). The van der Waals surface area contributed by atoms with Gasteiger partial charge in [-0.2, -0.15) is 0 Å². The van der Waals surface area contributed by atoms with Crippen molar-refractivity contribution in [3.63, 3.8) is 0 Å². The average Bonchev–Trinajstić information content (AvgIpc) is 2.69.